The van der Waals surface area contributed by atoms with Crippen molar-refractivity contribution in [3.63, 3.8) is 0 Å². The summed E-state index contributed by atoms with van der Waals surface area (Å²) in [6, 6.07) is 9.77. The van der Waals surface area contributed by atoms with E-state index < -0.39 is 5.60 Å². The first-order valence-corrected chi connectivity index (χ1v) is 12.2. The largest absolute Gasteiger partial charge is 0.385 e. The third kappa shape index (κ3) is 2.85. The van der Waals surface area contributed by atoms with E-state index in [-0.39, 0.29) is 0 Å². The van der Waals surface area contributed by atoms with Crippen LogP contribution < -0.4 is 4.90 Å². The fraction of sp³-hybridized carbons (Fsp3) is 0.435. The monoisotopic (exact) mass is 505 g/mol. The van der Waals surface area contributed by atoms with E-state index in [4.69, 9.17) is 28.2 Å². The maximum atomic E-state index is 11.9. The Morgan fingerprint density at radius 2 is 1.77 bits per heavy atom. The summed E-state index contributed by atoms with van der Waals surface area (Å²) in [6.07, 6.45) is 5.42. The normalized spacial score (nSPS) is 19.4. The molecule has 1 N–H and O–H groups in total. The zero-order valence-corrected chi connectivity index (χ0v) is 19.5. The molecule has 4 nitrogen and oxygen atoms in total. The van der Waals surface area contributed by atoms with E-state index >= 15 is 0 Å². The van der Waals surface area contributed by atoms with Crippen molar-refractivity contribution in [1.29, 1.82) is 0 Å². The molecular weight excluding hydrogens is 485 g/mol. The van der Waals surface area contributed by atoms with Gasteiger partial charge < -0.3 is 14.6 Å². The van der Waals surface area contributed by atoms with Crippen molar-refractivity contribution < 1.29 is 5.11 Å². The molecule has 2 heterocycles. The summed E-state index contributed by atoms with van der Waals surface area (Å²) in [5.74, 6) is 1.61. The molecule has 6 rings (SSSR count). The molecule has 2 aliphatic carbocycles. The molecule has 1 aromatic heterocycles. The predicted octanol–water partition coefficient (Wildman–Crippen LogP) is 6.66. The number of aliphatic hydroxyl groups is 1. The second-order valence-corrected chi connectivity index (χ2v) is 10.5. The van der Waals surface area contributed by atoms with Crippen molar-refractivity contribution in [1.82, 2.24) is 9.55 Å². The summed E-state index contributed by atoms with van der Waals surface area (Å²) < 4.78 is 3.24. The fourth-order valence-electron chi connectivity index (χ4n) is 5.17. The van der Waals surface area contributed by atoms with Crippen LogP contribution in [-0.4, -0.2) is 21.2 Å². The van der Waals surface area contributed by atoms with Gasteiger partial charge >= 0.3 is 0 Å². The number of hydrogen-bond donors (Lipinski definition) is 1. The minimum atomic E-state index is -0.740. The number of fused-ring (bicyclic) bond motifs is 3. The molecule has 2 saturated carbocycles. The molecule has 30 heavy (non-hydrogen) atoms. The SMILES string of the molecule is OC(c1ccc(Br)c2nc3n(c12)CCCN3c1ccc(Cl)cc1Cl)(C1CC1)C1CC1. The van der Waals surface area contributed by atoms with E-state index in [0.717, 1.165) is 77.9 Å². The van der Waals surface area contributed by atoms with E-state index in [2.05, 4.69) is 31.5 Å². The predicted molar refractivity (Wildman–Crippen MR) is 125 cm³/mol. The van der Waals surface area contributed by atoms with E-state index in [1.807, 2.05) is 18.2 Å². The number of hydrogen-bond acceptors (Lipinski definition) is 3. The average Bonchev–Trinajstić information content (AvgIpc) is 3.64. The molecule has 0 bridgehead atoms. The van der Waals surface area contributed by atoms with Gasteiger partial charge in [-0.3, -0.25) is 0 Å². The highest BCUT2D eigenvalue weighted by Crippen LogP contribution is 2.59. The Balaban J connectivity index is 1.57. The van der Waals surface area contributed by atoms with Gasteiger partial charge in [0.05, 0.1) is 21.8 Å². The third-order valence-corrected chi connectivity index (χ3v) is 8.04. The van der Waals surface area contributed by atoms with Crippen molar-refractivity contribution in [2.24, 2.45) is 11.8 Å². The molecule has 3 aromatic rings. The van der Waals surface area contributed by atoms with Crippen LogP contribution in [0.4, 0.5) is 11.6 Å². The van der Waals surface area contributed by atoms with Crippen LogP contribution in [0, 0.1) is 11.8 Å². The minimum absolute atomic E-state index is 0.367. The van der Waals surface area contributed by atoms with Gasteiger partial charge in [-0.05, 0) is 84.1 Å². The molecule has 0 radical (unpaired) electrons. The number of aryl methyl sites for hydroxylation is 1. The minimum Gasteiger partial charge on any atom is -0.385 e. The van der Waals surface area contributed by atoms with Gasteiger partial charge in [0.15, 0.2) is 0 Å². The number of aromatic nitrogens is 2. The van der Waals surface area contributed by atoms with Gasteiger partial charge in [0.25, 0.3) is 0 Å². The molecule has 0 atom stereocenters. The van der Waals surface area contributed by atoms with Crippen LogP contribution in [0.2, 0.25) is 10.0 Å². The van der Waals surface area contributed by atoms with Gasteiger partial charge in [-0.25, -0.2) is 4.98 Å². The second kappa shape index (κ2) is 6.86. The van der Waals surface area contributed by atoms with E-state index in [1.165, 1.54) is 0 Å². The Morgan fingerprint density at radius 1 is 1.03 bits per heavy atom. The van der Waals surface area contributed by atoms with E-state index in [1.54, 1.807) is 6.07 Å². The fourth-order valence-corrected chi connectivity index (χ4v) is 6.09. The number of halogens is 3. The first-order valence-electron chi connectivity index (χ1n) is 10.6. The molecule has 3 aliphatic rings. The first kappa shape index (κ1) is 19.4. The standard InChI is InChI=1S/C23H22BrCl2N3O/c24-17-8-7-16(23(30,13-2-3-13)14-4-5-14)21-20(17)27-22-28(10-1-11-29(21)22)19-9-6-15(25)12-18(19)26/h6-9,12-14,30H,1-5,10-11H2. The number of rotatable bonds is 4. The Morgan fingerprint density at radius 3 is 2.43 bits per heavy atom. The Bertz CT molecular complexity index is 1160. The highest BCUT2D eigenvalue weighted by molar-refractivity contribution is 9.10. The quantitative estimate of drug-likeness (QED) is 0.430. The van der Waals surface area contributed by atoms with Crippen molar-refractivity contribution in [2.45, 2.75) is 44.2 Å². The molecule has 0 unspecified atom stereocenters. The maximum Gasteiger partial charge on any atom is 0.211 e. The van der Waals surface area contributed by atoms with Gasteiger partial charge in [-0.2, -0.15) is 0 Å². The van der Waals surface area contributed by atoms with Gasteiger partial charge in [0.2, 0.25) is 5.95 Å². The number of nitrogens with zero attached hydrogens (tertiary/aromatic N) is 3. The lowest BCUT2D eigenvalue weighted by Gasteiger charge is -2.32. The zero-order chi connectivity index (χ0) is 20.6. The number of benzene rings is 2. The third-order valence-electron chi connectivity index (χ3n) is 6.86. The molecule has 7 heteroatoms. The summed E-state index contributed by atoms with van der Waals surface area (Å²) in [7, 11) is 0. The van der Waals surface area contributed by atoms with Gasteiger partial charge in [0, 0.05) is 28.1 Å². The first-order chi connectivity index (χ1) is 14.5. The summed E-state index contributed by atoms with van der Waals surface area (Å²) in [6.45, 7) is 1.72. The Kier molecular flexibility index (Phi) is 4.44. The number of imidazole rings is 1. The maximum absolute atomic E-state index is 11.9. The van der Waals surface area contributed by atoms with Crippen molar-refractivity contribution in [3.8, 4) is 0 Å². The lowest BCUT2D eigenvalue weighted by Crippen LogP contribution is -2.33. The molecule has 156 valence electrons. The van der Waals surface area contributed by atoms with Crippen LogP contribution in [0.25, 0.3) is 11.0 Å². The smallest absolute Gasteiger partial charge is 0.211 e. The van der Waals surface area contributed by atoms with Crippen LogP contribution >= 0.6 is 39.1 Å². The highest BCUT2D eigenvalue weighted by atomic mass is 79.9. The van der Waals surface area contributed by atoms with E-state index in [9.17, 15) is 5.11 Å². The summed E-state index contributed by atoms with van der Waals surface area (Å²) in [4.78, 5) is 7.22. The van der Waals surface area contributed by atoms with Crippen LogP contribution in [-0.2, 0) is 12.1 Å². The lowest BCUT2D eigenvalue weighted by atomic mass is 9.83. The number of anilines is 2. The topological polar surface area (TPSA) is 41.3 Å². The van der Waals surface area contributed by atoms with Crippen LogP contribution in [0.5, 0.6) is 0 Å². The van der Waals surface area contributed by atoms with Crippen molar-refractivity contribution in [2.75, 3.05) is 11.4 Å². The van der Waals surface area contributed by atoms with Crippen molar-refractivity contribution in [3.05, 3.63) is 50.4 Å². The summed E-state index contributed by atoms with van der Waals surface area (Å²) >= 11 is 16.4. The molecule has 2 aromatic carbocycles. The zero-order valence-electron chi connectivity index (χ0n) is 16.4. The summed E-state index contributed by atoms with van der Waals surface area (Å²) in [5.41, 5.74) is 3.20. The molecule has 0 amide bonds. The van der Waals surface area contributed by atoms with E-state index in [0.29, 0.717) is 21.9 Å². The van der Waals surface area contributed by atoms with Gasteiger partial charge in [0.1, 0.15) is 5.52 Å². The van der Waals surface area contributed by atoms with Gasteiger partial charge in [-0.1, -0.05) is 29.3 Å². The van der Waals surface area contributed by atoms with Crippen molar-refractivity contribution >= 4 is 61.8 Å². The van der Waals surface area contributed by atoms with Gasteiger partial charge in [-0.15, -0.1) is 0 Å². The summed E-state index contributed by atoms with van der Waals surface area (Å²) in [5, 5.41) is 13.2. The molecular formula is C23H22BrCl2N3O. The Labute approximate surface area is 193 Å². The molecule has 0 saturated heterocycles. The highest BCUT2D eigenvalue weighted by Gasteiger charge is 2.55. The average molecular weight is 507 g/mol. The lowest BCUT2D eigenvalue weighted by molar-refractivity contribution is -0.00908. The van der Waals surface area contributed by atoms with Crippen LogP contribution in [0.15, 0.2) is 34.8 Å². The second-order valence-electron chi connectivity index (χ2n) is 8.83. The molecule has 0 spiro atoms. The van der Waals surface area contributed by atoms with Crippen LogP contribution in [0.1, 0.15) is 37.7 Å². The van der Waals surface area contributed by atoms with Crippen LogP contribution in [0.3, 0.4) is 0 Å². The Hall–Kier alpha value is -1.27. The molecule has 1 aliphatic heterocycles. The molecule has 2 fully saturated rings.